The third-order valence-electron chi connectivity index (χ3n) is 4.42. The molecule has 2 N–H and O–H groups in total. The van der Waals surface area contributed by atoms with Gasteiger partial charge in [0.25, 0.3) is 0 Å². The number of halogens is 1. The summed E-state index contributed by atoms with van der Waals surface area (Å²) < 4.78 is 17.7. The van der Waals surface area contributed by atoms with Crippen LogP contribution in [0, 0.1) is 0 Å². The zero-order valence-electron chi connectivity index (χ0n) is 15.9. The second-order valence-corrected chi connectivity index (χ2v) is 8.13. The van der Waals surface area contributed by atoms with Crippen molar-refractivity contribution in [2.75, 3.05) is 19.4 Å². The van der Waals surface area contributed by atoms with Crippen molar-refractivity contribution < 1.29 is 8.95 Å². The number of aromatic nitrogens is 1. The van der Waals surface area contributed by atoms with Crippen molar-refractivity contribution in [1.82, 2.24) is 15.6 Å². The Bertz CT molecular complexity index is 600. The Morgan fingerprint density at radius 3 is 2.92 bits per heavy atom. The van der Waals surface area contributed by atoms with Crippen LogP contribution in [0.4, 0.5) is 0 Å². The molecule has 0 radical (unpaired) electrons. The number of nitrogens with one attached hydrogen (secondary N) is 2. The van der Waals surface area contributed by atoms with Crippen LogP contribution in [-0.4, -0.2) is 45.9 Å². The predicted molar refractivity (Wildman–Crippen MR) is 119 cm³/mol. The average Bonchev–Trinajstić information content (AvgIpc) is 2.66. The second-order valence-electron chi connectivity index (χ2n) is 6.13. The molecule has 3 unspecified atom stereocenters. The highest BCUT2D eigenvalue weighted by Gasteiger charge is 2.26. The minimum absolute atomic E-state index is 0. The Hall–Kier alpha value is -0.900. The highest BCUT2D eigenvalue weighted by molar-refractivity contribution is 14.0. The number of rotatable bonds is 7. The molecule has 1 aliphatic carbocycles. The molecule has 0 saturated heterocycles. The highest BCUT2D eigenvalue weighted by atomic mass is 127. The molecule has 1 saturated carbocycles. The maximum absolute atomic E-state index is 12.1. The van der Waals surface area contributed by atoms with Gasteiger partial charge in [-0.3, -0.25) is 9.20 Å². The molecule has 0 amide bonds. The van der Waals surface area contributed by atoms with Crippen molar-refractivity contribution in [2.45, 2.75) is 57.4 Å². The summed E-state index contributed by atoms with van der Waals surface area (Å²) in [7, 11) is 1.06. The largest absolute Gasteiger partial charge is 0.478 e. The number of aliphatic imine (C=N–C) groups is 1. The number of hydrogen-bond acceptors (Lipinski definition) is 4. The molecule has 148 valence electrons. The van der Waals surface area contributed by atoms with Gasteiger partial charge in [-0.25, -0.2) is 4.98 Å². The van der Waals surface area contributed by atoms with Gasteiger partial charge in [0, 0.05) is 53.2 Å². The molecule has 0 spiro atoms. The minimum Gasteiger partial charge on any atom is -0.478 e. The quantitative estimate of drug-likeness (QED) is 0.347. The molecular formula is C18H31IN4O2S. The third-order valence-corrected chi connectivity index (χ3v) is 6.16. The number of nitrogens with zero attached hydrogens (tertiary/aromatic N) is 2. The fourth-order valence-corrected chi connectivity index (χ4v) is 4.49. The van der Waals surface area contributed by atoms with Gasteiger partial charge in [0.2, 0.25) is 5.88 Å². The molecule has 2 rings (SSSR count). The molecule has 8 heteroatoms. The van der Waals surface area contributed by atoms with Crippen LogP contribution in [-0.2, 0) is 17.3 Å². The van der Waals surface area contributed by atoms with Crippen LogP contribution in [0.2, 0.25) is 0 Å². The topological polar surface area (TPSA) is 75.6 Å². The van der Waals surface area contributed by atoms with Gasteiger partial charge in [-0.15, -0.1) is 24.0 Å². The second kappa shape index (κ2) is 12.5. The first-order chi connectivity index (χ1) is 12.2. The molecule has 1 fully saturated rings. The van der Waals surface area contributed by atoms with E-state index in [1.165, 1.54) is 0 Å². The summed E-state index contributed by atoms with van der Waals surface area (Å²) in [6, 6.07) is 4.22. The summed E-state index contributed by atoms with van der Waals surface area (Å²) in [5.41, 5.74) is 1.00. The van der Waals surface area contributed by atoms with E-state index in [1.54, 1.807) is 13.2 Å². The number of pyridine rings is 1. The van der Waals surface area contributed by atoms with Crippen molar-refractivity contribution in [3.63, 3.8) is 0 Å². The molecule has 0 bridgehead atoms. The van der Waals surface area contributed by atoms with Gasteiger partial charge in [-0.2, -0.15) is 0 Å². The molecule has 1 aromatic heterocycles. The molecular weight excluding hydrogens is 463 g/mol. The van der Waals surface area contributed by atoms with Gasteiger partial charge in [0.05, 0.1) is 6.61 Å². The van der Waals surface area contributed by atoms with E-state index in [9.17, 15) is 4.21 Å². The highest BCUT2D eigenvalue weighted by Crippen LogP contribution is 2.23. The van der Waals surface area contributed by atoms with Crippen LogP contribution in [0.25, 0.3) is 0 Å². The Morgan fingerprint density at radius 1 is 1.42 bits per heavy atom. The number of hydrogen-bond donors (Lipinski definition) is 2. The molecule has 0 aromatic carbocycles. The first kappa shape index (κ1) is 23.1. The van der Waals surface area contributed by atoms with E-state index in [1.807, 2.05) is 26.0 Å². The maximum atomic E-state index is 12.1. The summed E-state index contributed by atoms with van der Waals surface area (Å²) in [5.74, 6) is 2.16. The van der Waals surface area contributed by atoms with Crippen molar-refractivity contribution in [3.05, 3.63) is 23.9 Å². The van der Waals surface area contributed by atoms with Gasteiger partial charge in [-0.1, -0.05) is 19.4 Å². The number of guanidine groups is 1. The molecule has 6 nitrogen and oxygen atoms in total. The van der Waals surface area contributed by atoms with Crippen LogP contribution < -0.4 is 15.4 Å². The Labute approximate surface area is 176 Å². The fourth-order valence-electron chi connectivity index (χ4n) is 3.14. The van der Waals surface area contributed by atoms with Gasteiger partial charge in [-0.05, 0) is 32.3 Å². The predicted octanol–water partition coefficient (Wildman–Crippen LogP) is 2.84. The molecule has 1 aliphatic rings. The van der Waals surface area contributed by atoms with Crippen LogP contribution >= 0.6 is 24.0 Å². The lowest BCUT2D eigenvalue weighted by atomic mass is 9.95. The van der Waals surface area contributed by atoms with Gasteiger partial charge in [0.1, 0.15) is 0 Å². The minimum atomic E-state index is -0.715. The van der Waals surface area contributed by atoms with Gasteiger partial charge >= 0.3 is 0 Å². The van der Waals surface area contributed by atoms with Crippen LogP contribution in [0.15, 0.2) is 23.3 Å². The molecule has 1 heterocycles. The van der Waals surface area contributed by atoms with Crippen molar-refractivity contribution >= 4 is 40.7 Å². The molecule has 1 aromatic rings. The average molecular weight is 494 g/mol. The lowest BCUT2D eigenvalue weighted by Crippen LogP contribution is -2.46. The molecule has 3 atom stereocenters. The van der Waals surface area contributed by atoms with Crippen molar-refractivity contribution in [3.8, 4) is 5.88 Å². The Morgan fingerprint density at radius 2 is 2.23 bits per heavy atom. The zero-order valence-corrected chi connectivity index (χ0v) is 19.0. The third kappa shape index (κ3) is 7.02. The zero-order chi connectivity index (χ0) is 18.1. The van der Waals surface area contributed by atoms with Crippen molar-refractivity contribution in [2.24, 2.45) is 4.99 Å². The van der Waals surface area contributed by atoms with Crippen LogP contribution in [0.5, 0.6) is 5.88 Å². The van der Waals surface area contributed by atoms with Crippen LogP contribution in [0.1, 0.15) is 45.1 Å². The van der Waals surface area contributed by atoms with Gasteiger partial charge < -0.3 is 15.4 Å². The lowest BCUT2D eigenvalue weighted by Gasteiger charge is -2.30. The van der Waals surface area contributed by atoms with Crippen molar-refractivity contribution in [1.29, 1.82) is 0 Å². The first-order valence-corrected chi connectivity index (χ1v) is 10.5. The van der Waals surface area contributed by atoms with E-state index in [2.05, 4.69) is 20.6 Å². The Kier molecular flexibility index (Phi) is 11.1. The van der Waals surface area contributed by atoms with Crippen LogP contribution in [0.3, 0.4) is 0 Å². The lowest BCUT2D eigenvalue weighted by molar-refractivity contribution is 0.322. The van der Waals surface area contributed by atoms with E-state index >= 15 is 0 Å². The smallest absolute Gasteiger partial charge is 0.218 e. The monoisotopic (exact) mass is 494 g/mol. The summed E-state index contributed by atoms with van der Waals surface area (Å²) in [6.45, 7) is 5.14. The standard InChI is InChI=1S/C18H30N4O2S.HI/c1-4-24-17-14(8-7-11-20-17)13-21-18(19-3)22-15-9-6-10-16(12-15)25(23)5-2;/h7-8,11,15-16H,4-6,9-10,12-13H2,1-3H3,(H2,19,21,22);1H. The summed E-state index contributed by atoms with van der Waals surface area (Å²) >= 11 is 0. The van der Waals surface area contributed by atoms with E-state index < -0.39 is 10.8 Å². The summed E-state index contributed by atoms with van der Waals surface area (Å²) in [6.07, 6.45) is 5.95. The van der Waals surface area contributed by atoms with Gasteiger partial charge in [0.15, 0.2) is 5.96 Å². The summed E-state index contributed by atoms with van der Waals surface area (Å²) in [4.78, 5) is 8.59. The van der Waals surface area contributed by atoms with E-state index in [4.69, 9.17) is 4.74 Å². The summed E-state index contributed by atoms with van der Waals surface area (Å²) in [5, 5.41) is 7.12. The van der Waals surface area contributed by atoms with E-state index in [0.29, 0.717) is 30.3 Å². The molecule has 0 aliphatic heterocycles. The Balaban J connectivity index is 0.00000338. The molecule has 26 heavy (non-hydrogen) atoms. The van der Waals surface area contributed by atoms with E-state index in [-0.39, 0.29) is 24.0 Å². The number of ether oxygens (including phenoxy) is 1. The SMILES string of the molecule is CCOc1ncccc1CNC(=NC)NC1CCCC(S(=O)CC)C1.I. The maximum Gasteiger partial charge on any atom is 0.218 e. The fraction of sp³-hybridized carbons (Fsp3) is 0.667. The normalized spacial score (nSPS) is 21.4. The van der Waals surface area contributed by atoms with E-state index in [0.717, 1.165) is 43.0 Å². The first-order valence-electron chi connectivity index (χ1n) is 9.08.